The van der Waals surface area contributed by atoms with Crippen LogP contribution in [0.3, 0.4) is 0 Å². The molecule has 0 saturated carbocycles. The van der Waals surface area contributed by atoms with E-state index in [1.807, 2.05) is 6.07 Å². The van der Waals surface area contributed by atoms with Gasteiger partial charge in [-0.1, -0.05) is 35.0 Å². The number of nitrogens with one attached hydrogen (secondary N) is 1. The molecule has 0 aromatic heterocycles. The summed E-state index contributed by atoms with van der Waals surface area (Å²) < 4.78 is 1.09. The van der Waals surface area contributed by atoms with Gasteiger partial charge in [0.25, 0.3) is 0 Å². The van der Waals surface area contributed by atoms with Crippen LogP contribution in [0.2, 0.25) is 0 Å². The van der Waals surface area contributed by atoms with E-state index in [-0.39, 0.29) is 11.5 Å². The molecule has 21 heavy (non-hydrogen) atoms. The van der Waals surface area contributed by atoms with Crippen molar-refractivity contribution in [3.8, 4) is 0 Å². The first-order valence-corrected chi connectivity index (χ1v) is 8.67. The Morgan fingerprint density at radius 2 is 2.14 bits per heavy atom. The highest BCUT2D eigenvalue weighted by Crippen LogP contribution is 2.39. The molecule has 2 aliphatic rings. The Morgan fingerprint density at radius 3 is 2.86 bits per heavy atom. The summed E-state index contributed by atoms with van der Waals surface area (Å²) in [4.78, 5) is 15.2. The van der Waals surface area contributed by atoms with Crippen molar-refractivity contribution in [2.24, 2.45) is 5.41 Å². The lowest BCUT2D eigenvalue weighted by Gasteiger charge is -2.38. The minimum absolute atomic E-state index is 0.181. The molecule has 1 amide bonds. The summed E-state index contributed by atoms with van der Waals surface area (Å²) in [5.41, 5.74) is 1.08. The van der Waals surface area contributed by atoms with Crippen molar-refractivity contribution in [1.82, 2.24) is 10.2 Å². The van der Waals surface area contributed by atoms with Crippen LogP contribution in [0.25, 0.3) is 0 Å². The molecule has 0 aliphatic carbocycles. The van der Waals surface area contributed by atoms with Crippen LogP contribution in [-0.4, -0.2) is 30.4 Å². The number of halogens is 1. The maximum absolute atomic E-state index is 13.1. The van der Waals surface area contributed by atoms with Crippen molar-refractivity contribution in [3.05, 3.63) is 34.3 Å². The van der Waals surface area contributed by atoms with Gasteiger partial charge in [0.05, 0.1) is 6.04 Å². The van der Waals surface area contributed by atoms with Crippen LogP contribution in [0.4, 0.5) is 0 Å². The van der Waals surface area contributed by atoms with Gasteiger partial charge in [-0.15, -0.1) is 0 Å². The molecule has 2 saturated heterocycles. The number of carbonyl (C=O) groups excluding carboxylic acids is 1. The highest BCUT2D eigenvalue weighted by atomic mass is 79.9. The number of carbonyl (C=O) groups is 1. The fourth-order valence-electron chi connectivity index (χ4n) is 3.61. The van der Waals surface area contributed by atoms with E-state index in [9.17, 15) is 4.79 Å². The van der Waals surface area contributed by atoms with E-state index >= 15 is 0 Å². The monoisotopic (exact) mass is 350 g/mol. The first-order valence-electron chi connectivity index (χ1n) is 7.87. The standard InChI is InChI=1S/C17H23BrN2O/c1-17(7-9-19-10-8-17)16(21)20-11-3-6-15(20)13-4-2-5-14(18)12-13/h2,4-5,12,15,19H,3,6-11H2,1H3. The van der Waals surface area contributed by atoms with E-state index < -0.39 is 0 Å². The zero-order valence-corrected chi connectivity index (χ0v) is 14.2. The average Bonchev–Trinajstić information content (AvgIpc) is 2.96. The van der Waals surface area contributed by atoms with Gasteiger partial charge >= 0.3 is 0 Å². The number of amides is 1. The van der Waals surface area contributed by atoms with E-state index in [0.29, 0.717) is 5.91 Å². The zero-order valence-electron chi connectivity index (χ0n) is 12.6. The fourth-order valence-corrected chi connectivity index (χ4v) is 4.03. The van der Waals surface area contributed by atoms with Crippen molar-refractivity contribution in [1.29, 1.82) is 0 Å². The van der Waals surface area contributed by atoms with Crippen molar-refractivity contribution >= 4 is 21.8 Å². The lowest BCUT2D eigenvalue weighted by molar-refractivity contribution is -0.143. The van der Waals surface area contributed by atoms with E-state index in [4.69, 9.17) is 0 Å². The molecule has 1 unspecified atom stereocenters. The van der Waals surface area contributed by atoms with Gasteiger partial charge in [0.2, 0.25) is 5.91 Å². The summed E-state index contributed by atoms with van der Waals surface area (Å²) in [6.45, 7) is 4.96. The second-order valence-electron chi connectivity index (χ2n) is 6.52. The van der Waals surface area contributed by atoms with Gasteiger partial charge in [-0.25, -0.2) is 0 Å². The molecule has 0 spiro atoms. The molecule has 2 heterocycles. The maximum atomic E-state index is 13.1. The zero-order chi connectivity index (χ0) is 14.9. The number of piperidine rings is 1. The lowest BCUT2D eigenvalue weighted by atomic mass is 9.79. The fraction of sp³-hybridized carbons (Fsp3) is 0.588. The largest absolute Gasteiger partial charge is 0.335 e. The molecule has 114 valence electrons. The molecule has 0 bridgehead atoms. The predicted molar refractivity (Wildman–Crippen MR) is 88.0 cm³/mol. The summed E-state index contributed by atoms with van der Waals surface area (Å²) in [6.07, 6.45) is 4.09. The van der Waals surface area contributed by atoms with Gasteiger partial charge < -0.3 is 10.2 Å². The summed E-state index contributed by atoms with van der Waals surface area (Å²) in [7, 11) is 0. The van der Waals surface area contributed by atoms with Crippen molar-refractivity contribution in [2.75, 3.05) is 19.6 Å². The summed E-state index contributed by atoms with van der Waals surface area (Å²) in [5, 5.41) is 3.36. The number of rotatable bonds is 2. The summed E-state index contributed by atoms with van der Waals surface area (Å²) in [6, 6.07) is 8.65. The van der Waals surface area contributed by atoms with Gasteiger partial charge in [0.1, 0.15) is 0 Å². The highest BCUT2D eigenvalue weighted by Gasteiger charge is 2.41. The Hall–Kier alpha value is -0.870. The van der Waals surface area contributed by atoms with Crippen molar-refractivity contribution in [2.45, 2.75) is 38.6 Å². The quantitative estimate of drug-likeness (QED) is 0.885. The van der Waals surface area contributed by atoms with Crippen LogP contribution in [0.5, 0.6) is 0 Å². The van der Waals surface area contributed by atoms with Crippen LogP contribution in [0.1, 0.15) is 44.2 Å². The Kier molecular flexibility index (Phi) is 4.36. The predicted octanol–water partition coefficient (Wildman–Crippen LogP) is 3.50. The first-order chi connectivity index (χ1) is 10.1. The van der Waals surface area contributed by atoms with Gasteiger partial charge in [0.15, 0.2) is 0 Å². The number of likely N-dealkylation sites (tertiary alicyclic amines) is 1. The Labute approximate surface area is 135 Å². The Bertz CT molecular complexity index is 525. The van der Waals surface area contributed by atoms with Gasteiger partial charge in [-0.05, 0) is 56.5 Å². The molecular formula is C17H23BrN2O. The molecular weight excluding hydrogens is 328 g/mol. The third-order valence-corrected chi connectivity index (χ3v) is 5.46. The Morgan fingerprint density at radius 1 is 1.38 bits per heavy atom. The third kappa shape index (κ3) is 3.02. The number of hydrogen-bond acceptors (Lipinski definition) is 2. The van der Waals surface area contributed by atoms with Crippen LogP contribution in [-0.2, 0) is 4.79 Å². The van der Waals surface area contributed by atoms with Crippen molar-refractivity contribution < 1.29 is 4.79 Å². The van der Waals surface area contributed by atoms with E-state index in [1.54, 1.807) is 0 Å². The average molecular weight is 351 g/mol. The third-order valence-electron chi connectivity index (χ3n) is 4.97. The number of nitrogens with zero attached hydrogens (tertiary/aromatic N) is 1. The second kappa shape index (κ2) is 6.09. The second-order valence-corrected chi connectivity index (χ2v) is 7.44. The molecule has 3 rings (SSSR count). The molecule has 1 aromatic carbocycles. The molecule has 1 aromatic rings. The van der Waals surface area contributed by atoms with Gasteiger partial charge in [-0.3, -0.25) is 4.79 Å². The molecule has 0 radical (unpaired) electrons. The highest BCUT2D eigenvalue weighted by molar-refractivity contribution is 9.10. The van der Waals surface area contributed by atoms with Crippen LogP contribution in [0.15, 0.2) is 28.7 Å². The first kappa shape index (κ1) is 15.0. The minimum Gasteiger partial charge on any atom is -0.335 e. The minimum atomic E-state index is -0.181. The molecule has 2 fully saturated rings. The maximum Gasteiger partial charge on any atom is 0.229 e. The molecule has 4 heteroatoms. The van der Waals surface area contributed by atoms with Crippen LogP contribution < -0.4 is 5.32 Å². The molecule has 2 aliphatic heterocycles. The normalized spacial score (nSPS) is 25.0. The molecule has 1 N–H and O–H groups in total. The van der Waals surface area contributed by atoms with Gasteiger partial charge in [0, 0.05) is 16.4 Å². The van der Waals surface area contributed by atoms with Crippen LogP contribution in [0, 0.1) is 5.41 Å². The topological polar surface area (TPSA) is 32.3 Å². The van der Waals surface area contributed by atoms with E-state index in [1.165, 1.54) is 5.56 Å². The van der Waals surface area contributed by atoms with E-state index in [0.717, 1.165) is 49.8 Å². The lowest BCUT2D eigenvalue weighted by Crippen LogP contribution is -2.47. The Balaban J connectivity index is 1.82. The number of benzene rings is 1. The molecule has 1 atom stereocenters. The number of hydrogen-bond donors (Lipinski definition) is 1. The SMILES string of the molecule is CC1(C(=O)N2CCCC2c2cccc(Br)c2)CCNCC1. The van der Waals surface area contributed by atoms with Gasteiger partial charge in [-0.2, -0.15) is 0 Å². The van der Waals surface area contributed by atoms with Crippen LogP contribution >= 0.6 is 15.9 Å². The molecule has 3 nitrogen and oxygen atoms in total. The summed E-state index contributed by atoms with van der Waals surface area (Å²) in [5.74, 6) is 0.353. The smallest absolute Gasteiger partial charge is 0.229 e. The van der Waals surface area contributed by atoms with Crippen molar-refractivity contribution in [3.63, 3.8) is 0 Å². The summed E-state index contributed by atoms with van der Waals surface area (Å²) >= 11 is 3.54. The van der Waals surface area contributed by atoms with E-state index in [2.05, 4.69) is 51.3 Å².